The van der Waals surface area contributed by atoms with Crippen molar-refractivity contribution in [2.75, 3.05) is 13.3 Å². The van der Waals surface area contributed by atoms with Crippen molar-refractivity contribution in [3.63, 3.8) is 0 Å². The summed E-state index contributed by atoms with van der Waals surface area (Å²) in [4.78, 5) is 0. The maximum absolute atomic E-state index is 8.38. The number of benzene rings is 1. The average Bonchev–Trinajstić information content (AvgIpc) is 2.22. The van der Waals surface area contributed by atoms with E-state index >= 15 is 0 Å². The minimum atomic E-state index is -1.25. The molecule has 0 atom stereocenters. The van der Waals surface area contributed by atoms with Gasteiger partial charge in [-0.2, -0.15) is 0 Å². The van der Waals surface area contributed by atoms with E-state index in [4.69, 9.17) is 15.9 Å². The van der Waals surface area contributed by atoms with Crippen molar-refractivity contribution < 1.29 is 10.2 Å². The lowest BCUT2D eigenvalue weighted by Crippen LogP contribution is -1.93. The molecule has 0 aliphatic heterocycles. The number of hydrogen-bond acceptors (Lipinski definition) is 1. The van der Waals surface area contributed by atoms with Crippen molar-refractivity contribution in [1.82, 2.24) is 0 Å². The van der Waals surface area contributed by atoms with E-state index in [1.54, 1.807) is 0 Å². The SMILES string of the molecule is CCCN.[O]C[O].c1ccccc1. The summed E-state index contributed by atoms with van der Waals surface area (Å²) in [6.45, 7) is 1.62. The van der Waals surface area contributed by atoms with Gasteiger partial charge in [-0.1, -0.05) is 43.3 Å². The van der Waals surface area contributed by atoms with Gasteiger partial charge in [-0.05, 0) is 13.0 Å². The van der Waals surface area contributed by atoms with E-state index in [1.807, 2.05) is 36.4 Å². The van der Waals surface area contributed by atoms with Crippen LogP contribution in [0.2, 0.25) is 0 Å². The second-order valence-electron chi connectivity index (χ2n) is 2.06. The number of rotatable bonds is 1. The molecule has 0 aliphatic rings. The highest BCUT2D eigenvalue weighted by atomic mass is 16.5. The minimum Gasteiger partial charge on any atom is -0.330 e. The Balaban J connectivity index is 0. The number of hydrogen-bond donors (Lipinski definition) is 1. The van der Waals surface area contributed by atoms with Gasteiger partial charge in [0.15, 0.2) is 0 Å². The van der Waals surface area contributed by atoms with Crippen LogP contribution in [0.25, 0.3) is 0 Å². The fraction of sp³-hybridized carbons (Fsp3) is 0.400. The predicted octanol–water partition coefficient (Wildman–Crippen LogP) is 1.85. The predicted molar refractivity (Wildman–Crippen MR) is 52.0 cm³/mol. The molecular formula is C10H17NO2. The Morgan fingerprint density at radius 3 is 1.15 bits per heavy atom. The first kappa shape index (κ1) is 14.6. The molecule has 0 saturated heterocycles. The van der Waals surface area contributed by atoms with Gasteiger partial charge >= 0.3 is 0 Å². The summed E-state index contributed by atoms with van der Waals surface area (Å²) in [6, 6.07) is 12.0. The van der Waals surface area contributed by atoms with E-state index in [2.05, 4.69) is 6.92 Å². The molecule has 13 heavy (non-hydrogen) atoms. The standard InChI is InChI=1S/C6H6.C3H9N.CH2O2/c1-2-4-6-5-3-1;1-2-3-4;2-1-3/h1-6H;2-4H2,1H3;1H2. The van der Waals surface area contributed by atoms with Crippen LogP contribution in [0.1, 0.15) is 13.3 Å². The Morgan fingerprint density at radius 1 is 0.923 bits per heavy atom. The Kier molecular flexibility index (Phi) is 19.4. The van der Waals surface area contributed by atoms with Crippen LogP contribution in [-0.4, -0.2) is 13.3 Å². The van der Waals surface area contributed by atoms with Gasteiger partial charge in [0.1, 0.15) is 0 Å². The van der Waals surface area contributed by atoms with Gasteiger partial charge in [0, 0.05) is 0 Å². The quantitative estimate of drug-likeness (QED) is 0.663. The summed E-state index contributed by atoms with van der Waals surface area (Å²) < 4.78 is 0. The summed E-state index contributed by atoms with van der Waals surface area (Å²) in [5.74, 6) is 0. The summed E-state index contributed by atoms with van der Waals surface area (Å²) in [5.41, 5.74) is 5.03. The molecule has 3 heteroatoms. The molecule has 74 valence electrons. The molecule has 1 aromatic carbocycles. The summed E-state index contributed by atoms with van der Waals surface area (Å²) in [7, 11) is 0. The normalized spacial score (nSPS) is 7.38. The van der Waals surface area contributed by atoms with Gasteiger partial charge < -0.3 is 5.73 Å². The maximum atomic E-state index is 8.38. The van der Waals surface area contributed by atoms with E-state index in [-0.39, 0.29) is 0 Å². The van der Waals surface area contributed by atoms with E-state index in [9.17, 15) is 0 Å². The molecule has 0 aliphatic carbocycles. The molecule has 0 saturated carbocycles. The third-order valence-corrected chi connectivity index (χ3v) is 0.955. The lowest BCUT2D eigenvalue weighted by molar-refractivity contribution is -0.0309. The summed E-state index contributed by atoms with van der Waals surface area (Å²) in [6.07, 6.45) is 1.10. The second-order valence-corrected chi connectivity index (χ2v) is 2.06. The highest BCUT2D eigenvalue weighted by Crippen LogP contribution is 1.79. The summed E-state index contributed by atoms with van der Waals surface area (Å²) >= 11 is 0. The first-order valence-electron chi connectivity index (χ1n) is 4.19. The molecule has 0 aromatic heterocycles. The lowest BCUT2D eigenvalue weighted by Gasteiger charge is -1.70. The molecular weight excluding hydrogens is 166 g/mol. The van der Waals surface area contributed by atoms with E-state index in [0.717, 1.165) is 13.0 Å². The van der Waals surface area contributed by atoms with Crippen molar-refractivity contribution in [2.24, 2.45) is 5.73 Å². The molecule has 2 radical (unpaired) electrons. The van der Waals surface area contributed by atoms with Crippen molar-refractivity contribution in [3.8, 4) is 0 Å². The van der Waals surface area contributed by atoms with Gasteiger partial charge in [0.2, 0.25) is 6.79 Å². The van der Waals surface area contributed by atoms with Gasteiger partial charge in [-0.3, -0.25) is 0 Å². The van der Waals surface area contributed by atoms with Crippen LogP contribution in [0.3, 0.4) is 0 Å². The molecule has 0 fully saturated rings. The summed E-state index contributed by atoms with van der Waals surface area (Å²) in [5, 5.41) is 16.8. The van der Waals surface area contributed by atoms with Crippen molar-refractivity contribution in [1.29, 1.82) is 0 Å². The Morgan fingerprint density at radius 2 is 1.08 bits per heavy atom. The minimum absolute atomic E-state index is 0.819. The molecule has 0 heterocycles. The zero-order valence-electron chi connectivity index (χ0n) is 7.98. The van der Waals surface area contributed by atoms with E-state index < -0.39 is 6.79 Å². The third kappa shape index (κ3) is 24.7. The smallest absolute Gasteiger partial charge is 0.214 e. The van der Waals surface area contributed by atoms with Gasteiger partial charge in [-0.15, -0.1) is 0 Å². The average molecular weight is 183 g/mol. The lowest BCUT2D eigenvalue weighted by atomic mass is 10.4. The zero-order chi connectivity index (χ0) is 10.4. The van der Waals surface area contributed by atoms with Crippen LogP contribution in [0.4, 0.5) is 0 Å². The van der Waals surface area contributed by atoms with Crippen molar-refractivity contribution >= 4 is 0 Å². The second kappa shape index (κ2) is 17.3. The molecule has 0 bridgehead atoms. The van der Waals surface area contributed by atoms with Crippen LogP contribution in [0.15, 0.2) is 36.4 Å². The fourth-order valence-corrected chi connectivity index (χ4v) is 0.385. The Labute approximate surface area is 79.8 Å². The van der Waals surface area contributed by atoms with E-state index in [1.165, 1.54) is 0 Å². The topological polar surface area (TPSA) is 65.8 Å². The van der Waals surface area contributed by atoms with Crippen molar-refractivity contribution in [2.45, 2.75) is 13.3 Å². The molecule has 0 amide bonds. The molecule has 1 aromatic rings. The van der Waals surface area contributed by atoms with Gasteiger partial charge in [-0.25, -0.2) is 10.2 Å². The zero-order valence-corrected chi connectivity index (χ0v) is 7.98. The molecule has 0 spiro atoms. The highest BCUT2D eigenvalue weighted by Gasteiger charge is 1.57. The first-order valence-corrected chi connectivity index (χ1v) is 4.19. The first-order chi connectivity index (χ1) is 6.33. The van der Waals surface area contributed by atoms with Crippen LogP contribution < -0.4 is 5.73 Å². The van der Waals surface area contributed by atoms with Crippen molar-refractivity contribution in [3.05, 3.63) is 36.4 Å². The Bertz CT molecular complexity index is 116. The van der Waals surface area contributed by atoms with Crippen LogP contribution in [-0.2, 0) is 10.2 Å². The molecule has 2 N–H and O–H groups in total. The van der Waals surface area contributed by atoms with Crippen LogP contribution in [0, 0.1) is 0 Å². The van der Waals surface area contributed by atoms with Gasteiger partial charge in [0.05, 0.1) is 0 Å². The molecule has 3 nitrogen and oxygen atoms in total. The van der Waals surface area contributed by atoms with Crippen LogP contribution >= 0.6 is 0 Å². The van der Waals surface area contributed by atoms with Crippen LogP contribution in [0.5, 0.6) is 0 Å². The monoisotopic (exact) mass is 183 g/mol. The molecule has 0 unspecified atom stereocenters. The van der Waals surface area contributed by atoms with Gasteiger partial charge in [0.25, 0.3) is 0 Å². The highest BCUT2D eigenvalue weighted by molar-refractivity contribution is 4.99. The Hall–Kier alpha value is -0.900. The molecule has 1 rings (SSSR count). The fourth-order valence-electron chi connectivity index (χ4n) is 0.385. The maximum Gasteiger partial charge on any atom is 0.214 e. The largest absolute Gasteiger partial charge is 0.330 e. The van der Waals surface area contributed by atoms with E-state index in [0.29, 0.717) is 0 Å². The third-order valence-electron chi connectivity index (χ3n) is 0.955. The number of nitrogens with two attached hydrogens (primary N) is 1.